The van der Waals surface area contributed by atoms with E-state index in [1.54, 1.807) is 11.8 Å². The molecule has 0 aliphatic heterocycles. The molecule has 0 saturated carbocycles. The van der Waals surface area contributed by atoms with E-state index in [0.29, 0.717) is 0 Å². The van der Waals surface area contributed by atoms with Gasteiger partial charge in [-0.3, -0.25) is 4.79 Å². The largest absolute Gasteiger partial charge is 0.369 e. The van der Waals surface area contributed by atoms with E-state index in [1.807, 2.05) is 31.2 Å². The first kappa shape index (κ1) is 14.7. The predicted octanol–water partition coefficient (Wildman–Crippen LogP) is 4.05. The van der Waals surface area contributed by atoms with Crippen LogP contribution in [0.1, 0.15) is 24.8 Å². The predicted molar refractivity (Wildman–Crippen MR) is 85.9 cm³/mol. The van der Waals surface area contributed by atoms with E-state index >= 15 is 0 Å². The second kappa shape index (κ2) is 6.62. The number of carbonyl (C=O) groups excluding carboxylic acids is 1. The molecule has 0 spiro atoms. The number of rotatable bonds is 5. The third kappa shape index (κ3) is 3.05. The molecule has 1 amide bonds. The molecule has 0 aliphatic carbocycles. The molecule has 0 fully saturated rings. The lowest BCUT2D eigenvalue weighted by molar-refractivity contribution is -0.119. The van der Waals surface area contributed by atoms with Crippen molar-refractivity contribution < 1.29 is 4.79 Å². The highest BCUT2D eigenvalue weighted by Gasteiger charge is 2.17. The van der Waals surface area contributed by atoms with Crippen molar-refractivity contribution in [2.75, 3.05) is 6.26 Å². The summed E-state index contributed by atoms with van der Waals surface area (Å²) in [6.07, 6.45) is 2.78. The van der Waals surface area contributed by atoms with Gasteiger partial charge in [-0.15, -0.1) is 11.8 Å². The first-order valence-corrected chi connectivity index (χ1v) is 7.92. The van der Waals surface area contributed by atoms with Gasteiger partial charge in [-0.2, -0.15) is 0 Å². The summed E-state index contributed by atoms with van der Waals surface area (Å²) in [5.74, 6) is -0.460. The van der Waals surface area contributed by atoms with Crippen molar-refractivity contribution in [2.24, 2.45) is 5.73 Å². The molecular weight excluding hydrogens is 266 g/mol. The summed E-state index contributed by atoms with van der Waals surface area (Å²) in [6, 6.07) is 16.5. The molecule has 2 aromatic carbocycles. The van der Waals surface area contributed by atoms with E-state index in [9.17, 15) is 4.79 Å². The smallest absolute Gasteiger partial charge is 0.224 e. The van der Waals surface area contributed by atoms with Crippen molar-refractivity contribution in [3.8, 4) is 11.1 Å². The molecule has 0 saturated heterocycles. The number of benzene rings is 2. The highest BCUT2D eigenvalue weighted by Crippen LogP contribution is 2.33. The monoisotopic (exact) mass is 285 g/mol. The van der Waals surface area contributed by atoms with Gasteiger partial charge in [-0.25, -0.2) is 0 Å². The minimum absolute atomic E-state index is 0.203. The van der Waals surface area contributed by atoms with Gasteiger partial charge in [-0.05, 0) is 35.4 Å². The second-order valence-corrected chi connectivity index (χ2v) is 5.54. The normalized spacial score (nSPS) is 12.1. The lowest BCUT2D eigenvalue weighted by Gasteiger charge is -2.15. The zero-order valence-corrected chi connectivity index (χ0v) is 12.6. The first-order chi connectivity index (χ1) is 9.67. The van der Waals surface area contributed by atoms with Gasteiger partial charge in [0.1, 0.15) is 0 Å². The van der Waals surface area contributed by atoms with Crippen LogP contribution in [0.5, 0.6) is 0 Å². The van der Waals surface area contributed by atoms with E-state index in [1.165, 1.54) is 16.0 Å². The number of nitrogens with two attached hydrogens (primary N) is 1. The van der Waals surface area contributed by atoms with Crippen LogP contribution in [0.25, 0.3) is 11.1 Å². The maximum Gasteiger partial charge on any atom is 0.224 e. The average molecular weight is 285 g/mol. The fourth-order valence-corrected chi connectivity index (χ4v) is 3.04. The van der Waals surface area contributed by atoms with Crippen molar-refractivity contribution >= 4 is 17.7 Å². The highest BCUT2D eigenvalue weighted by atomic mass is 32.2. The Morgan fingerprint density at radius 3 is 2.45 bits per heavy atom. The van der Waals surface area contributed by atoms with Crippen LogP contribution in [0, 0.1) is 0 Å². The maximum absolute atomic E-state index is 11.5. The van der Waals surface area contributed by atoms with Crippen molar-refractivity contribution in [3.05, 3.63) is 54.1 Å². The summed E-state index contributed by atoms with van der Waals surface area (Å²) >= 11 is 1.69. The Morgan fingerprint density at radius 1 is 1.20 bits per heavy atom. The van der Waals surface area contributed by atoms with E-state index < -0.39 is 0 Å². The Bertz CT molecular complexity index is 595. The van der Waals surface area contributed by atoms with Crippen molar-refractivity contribution in [3.63, 3.8) is 0 Å². The molecule has 2 N–H and O–H groups in total. The van der Waals surface area contributed by atoms with Gasteiger partial charge in [0.2, 0.25) is 5.91 Å². The third-order valence-corrected chi connectivity index (χ3v) is 4.24. The molecule has 1 atom stereocenters. The Labute approximate surface area is 124 Å². The average Bonchev–Trinajstić information content (AvgIpc) is 2.48. The first-order valence-electron chi connectivity index (χ1n) is 6.70. The molecular formula is C17H19NOS. The van der Waals surface area contributed by atoms with Crippen LogP contribution in [0.2, 0.25) is 0 Å². The summed E-state index contributed by atoms with van der Waals surface area (Å²) in [5, 5.41) is 0. The van der Waals surface area contributed by atoms with Gasteiger partial charge in [0.25, 0.3) is 0 Å². The third-order valence-electron chi connectivity index (χ3n) is 3.46. The molecule has 0 aliphatic rings. The summed E-state index contributed by atoms with van der Waals surface area (Å²) in [4.78, 5) is 12.7. The van der Waals surface area contributed by atoms with Crippen LogP contribution in [-0.2, 0) is 4.79 Å². The summed E-state index contributed by atoms with van der Waals surface area (Å²) in [6.45, 7) is 1.99. The Balaban J connectivity index is 2.46. The summed E-state index contributed by atoms with van der Waals surface area (Å²) in [7, 11) is 0. The topological polar surface area (TPSA) is 43.1 Å². The van der Waals surface area contributed by atoms with Crippen LogP contribution in [0.3, 0.4) is 0 Å². The van der Waals surface area contributed by atoms with Gasteiger partial charge in [0.15, 0.2) is 0 Å². The van der Waals surface area contributed by atoms with Crippen LogP contribution in [-0.4, -0.2) is 12.2 Å². The molecule has 20 heavy (non-hydrogen) atoms. The Hall–Kier alpha value is -1.74. The molecule has 3 heteroatoms. The zero-order valence-electron chi connectivity index (χ0n) is 11.8. The number of hydrogen-bond donors (Lipinski definition) is 1. The Kier molecular flexibility index (Phi) is 4.85. The van der Waals surface area contributed by atoms with E-state index in [4.69, 9.17) is 5.73 Å². The Morgan fingerprint density at radius 2 is 1.90 bits per heavy atom. The SMILES string of the molecule is CCC(C(N)=O)c1ccc(-c2ccccc2)c(SC)c1. The molecule has 2 nitrogen and oxygen atoms in total. The van der Waals surface area contributed by atoms with Crippen molar-refractivity contribution in [1.29, 1.82) is 0 Å². The minimum Gasteiger partial charge on any atom is -0.369 e. The van der Waals surface area contributed by atoms with Crippen molar-refractivity contribution in [2.45, 2.75) is 24.2 Å². The van der Waals surface area contributed by atoms with E-state index in [0.717, 1.165) is 12.0 Å². The molecule has 1 unspecified atom stereocenters. The fourth-order valence-electron chi connectivity index (χ4n) is 2.38. The van der Waals surface area contributed by atoms with Gasteiger partial charge < -0.3 is 5.73 Å². The van der Waals surface area contributed by atoms with Gasteiger partial charge in [0.05, 0.1) is 5.92 Å². The second-order valence-electron chi connectivity index (χ2n) is 4.69. The quantitative estimate of drug-likeness (QED) is 0.842. The summed E-state index contributed by atoms with van der Waals surface area (Å²) in [5.41, 5.74) is 8.86. The van der Waals surface area contributed by atoms with Gasteiger partial charge in [0, 0.05) is 4.90 Å². The standard InChI is InChI=1S/C17H19NOS/c1-3-14(17(18)19)13-9-10-15(16(11-13)20-2)12-7-5-4-6-8-12/h4-11,14H,3H2,1-2H3,(H2,18,19). The number of primary amides is 1. The van der Waals surface area contributed by atoms with Crippen molar-refractivity contribution in [1.82, 2.24) is 0 Å². The number of hydrogen-bond acceptors (Lipinski definition) is 2. The van der Waals surface area contributed by atoms with Crippen LogP contribution in [0.15, 0.2) is 53.4 Å². The zero-order chi connectivity index (χ0) is 14.5. The minimum atomic E-state index is -0.257. The van der Waals surface area contributed by atoms with Crippen LogP contribution < -0.4 is 5.73 Å². The van der Waals surface area contributed by atoms with Crippen LogP contribution >= 0.6 is 11.8 Å². The molecule has 104 valence electrons. The van der Waals surface area contributed by atoms with E-state index in [-0.39, 0.29) is 11.8 Å². The molecule has 0 aromatic heterocycles. The fraction of sp³-hybridized carbons (Fsp3) is 0.235. The molecule has 2 rings (SSSR count). The van der Waals surface area contributed by atoms with E-state index in [2.05, 4.69) is 30.5 Å². The molecule has 0 radical (unpaired) electrons. The van der Waals surface area contributed by atoms with Gasteiger partial charge in [-0.1, -0.05) is 49.4 Å². The number of carbonyl (C=O) groups is 1. The lowest BCUT2D eigenvalue weighted by Crippen LogP contribution is -2.20. The maximum atomic E-state index is 11.5. The summed E-state index contributed by atoms with van der Waals surface area (Å²) < 4.78 is 0. The number of amides is 1. The number of thioether (sulfide) groups is 1. The lowest BCUT2D eigenvalue weighted by atomic mass is 9.93. The molecule has 0 bridgehead atoms. The van der Waals surface area contributed by atoms with Crippen LogP contribution in [0.4, 0.5) is 0 Å². The highest BCUT2D eigenvalue weighted by molar-refractivity contribution is 7.98. The van der Waals surface area contributed by atoms with Gasteiger partial charge >= 0.3 is 0 Å². The molecule has 0 heterocycles. The molecule has 2 aromatic rings.